The highest BCUT2D eigenvalue weighted by Gasteiger charge is 2.11. The first-order chi connectivity index (χ1) is 12.9. The average molecular weight is 390 g/mol. The van der Waals surface area contributed by atoms with Crippen molar-refractivity contribution in [3.8, 4) is 5.75 Å². The summed E-state index contributed by atoms with van der Waals surface area (Å²) >= 11 is 1.21. The van der Waals surface area contributed by atoms with Gasteiger partial charge in [0.05, 0.1) is 0 Å². The largest absolute Gasteiger partial charge is 0.506 e. The molecule has 0 aliphatic rings. The fourth-order valence-electron chi connectivity index (χ4n) is 2.52. The second kappa shape index (κ2) is 10.3. The lowest BCUT2D eigenvalue weighted by molar-refractivity contribution is 0.475. The first kappa shape index (κ1) is 21.3. The van der Waals surface area contributed by atoms with Crippen molar-refractivity contribution in [1.29, 1.82) is 0 Å². The summed E-state index contributed by atoms with van der Waals surface area (Å²) in [4.78, 5) is 6.60. The Morgan fingerprint density at radius 3 is 2.26 bits per heavy atom. The normalized spacial score (nSPS) is 11.8. The van der Waals surface area contributed by atoms with Crippen LogP contribution >= 0.6 is 11.5 Å². The molecule has 1 aromatic heterocycles. The van der Waals surface area contributed by atoms with Crippen molar-refractivity contribution in [1.82, 2.24) is 9.36 Å². The first-order valence-electron chi connectivity index (χ1n) is 9.71. The number of hydrogen-bond donors (Lipinski definition) is 1. The van der Waals surface area contributed by atoms with Gasteiger partial charge < -0.3 is 10.0 Å². The maximum atomic E-state index is 10.4. The van der Waals surface area contributed by atoms with E-state index in [9.17, 15) is 5.11 Å². The molecule has 1 aromatic carbocycles. The highest BCUT2D eigenvalue weighted by molar-refractivity contribution is 7.09. The van der Waals surface area contributed by atoms with Crippen molar-refractivity contribution in [3.05, 3.63) is 24.0 Å². The van der Waals surface area contributed by atoms with Crippen molar-refractivity contribution in [2.24, 2.45) is 22.1 Å². The van der Waals surface area contributed by atoms with E-state index < -0.39 is 0 Å². The summed E-state index contributed by atoms with van der Waals surface area (Å²) in [5.74, 6) is 2.19. The highest BCUT2D eigenvalue weighted by atomic mass is 32.1. The SMILES string of the molecule is CCc1nsc(N=Nc2ccc(N(CCC(C)C)CCC(C)C)cc2O)n1. The summed E-state index contributed by atoms with van der Waals surface area (Å²) in [6.07, 6.45) is 3.02. The highest BCUT2D eigenvalue weighted by Crippen LogP contribution is 2.33. The Kier molecular flexibility index (Phi) is 8.16. The third-order valence-electron chi connectivity index (χ3n) is 4.29. The van der Waals surface area contributed by atoms with Gasteiger partial charge in [0.2, 0.25) is 5.13 Å². The van der Waals surface area contributed by atoms with Crippen molar-refractivity contribution in [3.63, 3.8) is 0 Å². The predicted octanol–water partition coefficient (Wildman–Crippen LogP) is 6.12. The number of aromatic nitrogens is 2. The number of anilines is 1. The van der Waals surface area contributed by atoms with E-state index in [1.807, 2.05) is 19.1 Å². The maximum absolute atomic E-state index is 10.4. The number of rotatable bonds is 10. The summed E-state index contributed by atoms with van der Waals surface area (Å²) in [6.45, 7) is 12.9. The van der Waals surface area contributed by atoms with Gasteiger partial charge in [-0.3, -0.25) is 0 Å². The van der Waals surface area contributed by atoms with Crippen LogP contribution in [0.15, 0.2) is 28.4 Å². The lowest BCUT2D eigenvalue weighted by Gasteiger charge is -2.27. The number of phenolic OH excluding ortho intramolecular Hbond substituents is 1. The lowest BCUT2D eigenvalue weighted by atomic mass is 10.1. The Balaban J connectivity index is 2.13. The average Bonchev–Trinajstić information content (AvgIpc) is 3.08. The van der Waals surface area contributed by atoms with Crippen molar-refractivity contribution in [2.75, 3.05) is 18.0 Å². The van der Waals surface area contributed by atoms with Crippen LogP contribution in [0.5, 0.6) is 5.75 Å². The molecule has 27 heavy (non-hydrogen) atoms. The second-order valence-electron chi connectivity index (χ2n) is 7.57. The minimum absolute atomic E-state index is 0.135. The minimum atomic E-state index is 0.135. The Morgan fingerprint density at radius 2 is 1.74 bits per heavy atom. The fraction of sp³-hybridized carbons (Fsp3) is 0.600. The van der Waals surface area contributed by atoms with Crippen LogP contribution in [0.3, 0.4) is 0 Å². The van der Waals surface area contributed by atoms with Gasteiger partial charge in [0, 0.05) is 42.8 Å². The molecular formula is C20H31N5OS. The lowest BCUT2D eigenvalue weighted by Crippen LogP contribution is -2.27. The van der Waals surface area contributed by atoms with Crippen LogP contribution in [0.1, 0.15) is 53.3 Å². The third-order valence-corrected chi connectivity index (χ3v) is 4.93. The molecule has 0 bridgehead atoms. The molecule has 7 heteroatoms. The molecule has 0 aliphatic heterocycles. The first-order valence-corrected chi connectivity index (χ1v) is 10.5. The molecule has 0 atom stereocenters. The number of nitrogens with zero attached hydrogens (tertiary/aromatic N) is 5. The number of hydrogen-bond acceptors (Lipinski definition) is 7. The van der Waals surface area contributed by atoms with Crippen LogP contribution in [0, 0.1) is 11.8 Å². The monoisotopic (exact) mass is 389 g/mol. The van der Waals surface area contributed by atoms with E-state index in [-0.39, 0.29) is 5.75 Å². The van der Waals surface area contributed by atoms with Crippen LogP contribution in [0.4, 0.5) is 16.5 Å². The van der Waals surface area contributed by atoms with Gasteiger partial charge in [0.15, 0.2) is 0 Å². The standard InChI is InChI=1S/C20H31N5OS/c1-6-19-21-20(27-24-19)23-22-17-8-7-16(13-18(17)26)25(11-9-14(2)3)12-10-15(4)5/h7-8,13-15,26H,6,9-12H2,1-5H3. The molecule has 0 unspecified atom stereocenters. The molecule has 0 fully saturated rings. The molecule has 2 rings (SSSR count). The van der Waals surface area contributed by atoms with Gasteiger partial charge in [0.1, 0.15) is 17.3 Å². The smallest absolute Gasteiger partial charge is 0.249 e. The van der Waals surface area contributed by atoms with Gasteiger partial charge in [-0.2, -0.15) is 4.37 Å². The summed E-state index contributed by atoms with van der Waals surface area (Å²) in [5, 5.41) is 19.1. The molecule has 1 heterocycles. The van der Waals surface area contributed by atoms with Gasteiger partial charge in [0.25, 0.3) is 0 Å². The van der Waals surface area contributed by atoms with Gasteiger partial charge in [-0.1, -0.05) is 34.6 Å². The number of phenols is 1. The maximum Gasteiger partial charge on any atom is 0.249 e. The topological polar surface area (TPSA) is 74.0 Å². The van der Waals surface area contributed by atoms with Crippen molar-refractivity contribution < 1.29 is 5.11 Å². The Labute approximate surface area is 166 Å². The molecule has 1 N–H and O–H groups in total. The second-order valence-corrected chi connectivity index (χ2v) is 8.30. The molecular weight excluding hydrogens is 358 g/mol. The van der Waals surface area contributed by atoms with Gasteiger partial charge in [-0.15, -0.1) is 10.2 Å². The predicted molar refractivity (Wildman–Crippen MR) is 113 cm³/mol. The van der Waals surface area contributed by atoms with Crippen LogP contribution in [0.2, 0.25) is 0 Å². The van der Waals surface area contributed by atoms with E-state index in [2.05, 4.69) is 52.2 Å². The van der Waals surface area contributed by atoms with Crippen molar-refractivity contribution >= 4 is 28.0 Å². The zero-order valence-corrected chi connectivity index (χ0v) is 17.8. The van der Waals surface area contributed by atoms with E-state index in [0.717, 1.165) is 43.9 Å². The number of aromatic hydroxyl groups is 1. The Morgan fingerprint density at radius 1 is 1.07 bits per heavy atom. The molecule has 0 radical (unpaired) electrons. The van der Waals surface area contributed by atoms with Crippen LogP contribution < -0.4 is 4.90 Å². The molecule has 0 saturated heterocycles. The van der Waals surface area contributed by atoms with E-state index in [1.54, 1.807) is 6.07 Å². The zero-order chi connectivity index (χ0) is 19.8. The van der Waals surface area contributed by atoms with Crippen LogP contribution in [-0.2, 0) is 6.42 Å². The van der Waals surface area contributed by atoms with E-state index in [1.165, 1.54) is 11.5 Å². The van der Waals surface area contributed by atoms with Gasteiger partial charge >= 0.3 is 0 Å². The van der Waals surface area contributed by atoms with E-state index in [4.69, 9.17) is 0 Å². The Hall–Kier alpha value is -2.02. The summed E-state index contributed by atoms with van der Waals surface area (Å²) in [7, 11) is 0. The quantitative estimate of drug-likeness (QED) is 0.497. The van der Waals surface area contributed by atoms with Gasteiger partial charge in [-0.25, -0.2) is 4.98 Å². The minimum Gasteiger partial charge on any atom is -0.506 e. The van der Waals surface area contributed by atoms with E-state index in [0.29, 0.717) is 22.7 Å². The Bertz CT molecular complexity index is 730. The molecule has 148 valence electrons. The summed E-state index contributed by atoms with van der Waals surface area (Å²) < 4.78 is 4.18. The van der Waals surface area contributed by atoms with E-state index >= 15 is 0 Å². The number of aryl methyl sites for hydroxylation is 1. The molecule has 0 amide bonds. The van der Waals surface area contributed by atoms with Crippen LogP contribution in [-0.4, -0.2) is 27.6 Å². The molecule has 0 aliphatic carbocycles. The molecule has 0 saturated carbocycles. The fourth-order valence-corrected chi connectivity index (χ4v) is 3.10. The van der Waals surface area contributed by atoms with Crippen molar-refractivity contribution in [2.45, 2.75) is 53.9 Å². The van der Waals surface area contributed by atoms with Crippen LogP contribution in [0.25, 0.3) is 0 Å². The van der Waals surface area contributed by atoms with Gasteiger partial charge in [-0.05, 0) is 36.8 Å². The zero-order valence-electron chi connectivity index (χ0n) is 17.0. The molecule has 0 spiro atoms. The number of azo groups is 1. The molecule has 2 aromatic rings. The molecule has 6 nitrogen and oxygen atoms in total. The summed E-state index contributed by atoms with van der Waals surface area (Å²) in [6, 6.07) is 5.60. The third kappa shape index (κ3) is 6.90. The number of benzene rings is 1. The summed E-state index contributed by atoms with van der Waals surface area (Å²) in [5.41, 5.74) is 1.47.